The van der Waals surface area contributed by atoms with Crippen LogP contribution in [0.15, 0.2) is 65.9 Å². The monoisotopic (exact) mass is 432 g/mol. The molecule has 0 aliphatic carbocycles. The van der Waals surface area contributed by atoms with E-state index < -0.39 is 0 Å². The van der Waals surface area contributed by atoms with Crippen LogP contribution >= 0.6 is 22.7 Å². The van der Waals surface area contributed by atoms with Crippen molar-refractivity contribution in [3.8, 4) is 22.4 Å². The van der Waals surface area contributed by atoms with Crippen molar-refractivity contribution in [3.05, 3.63) is 82.1 Å². The van der Waals surface area contributed by atoms with Gasteiger partial charge >= 0.3 is 0 Å². The van der Waals surface area contributed by atoms with Crippen molar-refractivity contribution in [2.75, 3.05) is 5.32 Å². The lowest BCUT2D eigenvalue weighted by atomic mass is 9.97. The highest BCUT2D eigenvalue weighted by molar-refractivity contribution is 7.16. The van der Waals surface area contributed by atoms with Gasteiger partial charge in [-0.25, -0.2) is 9.37 Å². The van der Waals surface area contributed by atoms with Crippen molar-refractivity contribution in [1.82, 2.24) is 15.0 Å². The quantitative estimate of drug-likeness (QED) is 0.342. The van der Waals surface area contributed by atoms with Gasteiger partial charge < -0.3 is 5.32 Å². The highest BCUT2D eigenvalue weighted by Crippen LogP contribution is 2.35. The van der Waals surface area contributed by atoms with Gasteiger partial charge in [-0.2, -0.15) is 0 Å². The molecule has 7 heteroatoms. The second kappa shape index (κ2) is 7.93. The number of hydrogen-bond donors (Lipinski definition) is 1. The molecule has 0 bridgehead atoms. The zero-order valence-corrected chi connectivity index (χ0v) is 17.7. The predicted molar refractivity (Wildman–Crippen MR) is 122 cm³/mol. The predicted octanol–water partition coefficient (Wildman–Crippen LogP) is 6.54. The third-order valence-corrected chi connectivity index (χ3v) is 6.48. The number of fused-ring (bicyclic) bond motifs is 1. The molecule has 0 aliphatic heterocycles. The van der Waals surface area contributed by atoms with Gasteiger partial charge in [0.2, 0.25) is 0 Å². The van der Waals surface area contributed by atoms with Crippen LogP contribution < -0.4 is 5.32 Å². The summed E-state index contributed by atoms with van der Waals surface area (Å²) in [5, 5.41) is 3.43. The molecule has 0 unspecified atom stereocenters. The zero-order valence-electron chi connectivity index (χ0n) is 16.1. The molecular weight excluding hydrogens is 415 g/mol. The molecule has 0 spiro atoms. The van der Waals surface area contributed by atoms with Gasteiger partial charge in [-0.15, -0.1) is 22.7 Å². The van der Waals surface area contributed by atoms with Gasteiger partial charge in [0.05, 0.1) is 45.4 Å². The van der Waals surface area contributed by atoms with Crippen LogP contribution in [0.4, 0.5) is 10.1 Å². The molecule has 0 radical (unpaired) electrons. The number of halogens is 1. The molecule has 0 saturated heterocycles. The lowest BCUT2D eigenvalue weighted by Crippen LogP contribution is -2.00. The van der Waals surface area contributed by atoms with Crippen molar-refractivity contribution in [3.63, 3.8) is 0 Å². The smallest absolute Gasteiger partial charge is 0.126 e. The maximum atomic E-state index is 13.8. The van der Waals surface area contributed by atoms with Gasteiger partial charge in [0, 0.05) is 22.2 Å². The van der Waals surface area contributed by atoms with E-state index in [0.717, 1.165) is 43.2 Å². The molecule has 1 N–H and O–H groups in total. The highest BCUT2D eigenvalue weighted by Gasteiger charge is 2.13. The molecule has 0 amide bonds. The summed E-state index contributed by atoms with van der Waals surface area (Å²) in [5.74, 6) is -0.214. The van der Waals surface area contributed by atoms with Crippen LogP contribution in [0, 0.1) is 12.7 Å². The first-order valence-corrected chi connectivity index (χ1v) is 11.1. The number of hydrogen-bond acceptors (Lipinski definition) is 6. The minimum Gasteiger partial charge on any atom is -0.379 e. The Morgan fingerprint density at radius 3 is 2.67 bits per heavy atom. The fourth-order valence-electron chi connectivity index (χ4n) is 3.34. The number of thiazole rings is 2. The number of rotatable bonds is 5. The van der Waals surface area contributed by atoms with Crippen molar-refractivity contribution >= 4 is 38.6 Å². The first kappa shape index (κ1) is 18.8. The van der Waals surface area contributed by atoms with E-state index >= 15 is 0 Å². The van der Waals surface area contributed by atoms with E-state index in [1.807, 2.05) is 35.5 Å². The second-order valence-electron chi connectivity index (χ2n) is 6.94. The van der Waals surface area contributed by atoms with Crippen LogP contribution in [0.3, 0.4) is 0 Å². The Balaban J connectivity index is 1.60. The minimum absolute atomic E-state index is 0.214. The third kappa shape index (κ3) is 3.69. The molecule has 3 heterocycles. The normalized spacial score (nSPS) is 11.1. The van der Waals surface area contributed by atoms with Crippen molar-refractivity contribution < 1.29 is 4.39 Å². The lowest BCUT2D eigenvalue weighted by Gasteiger charge is -2.13. The molecule has 3 aromatic heterocycles. The summed E-state index contributed by atoms with van der Waals surface area (Å²) in [7, 11) is 0. The molecule has 0 aliphatic rings. The van der Waals surface area contributed by atoms with E-state index in [9.17, 15) is 4.39 Å². The summed E-state index contributed by atoms with van der Waals surface area (Å²) in [6.45, 7) is 2.46. The van der Waals surface area contributed by atoms with Crippen molar-refractivity contribution in [2.24, 2.45) is 0 Å². The van der Waals surface area contributed by atoms with Gasteiger partial charge in [-0.1, -0.05) is 6.07 Å². The van der Waals surface area contributed by atoms with E-state index in [1.165, 1.54) is 6.07 Å². The van der Waals surface area contributed by atoms with Crippen LogP contribution in [-0.2, 0) is 6.54 Å². The van der Waals surface area contributed by atoms with Crippen molar-refractivity contribution in [2.45, 2.75) is 13.5 Å². The van der Waals surface area contributed by atoms with Crippen LogP contribution in [0.5, 0.6) is 0 Å². The molecular formula is C23H17FN4S2. The number of nitrogens with one attached hydrogen (secondary N) is 1. The van der Waals surface area contributed by atoms with Crippen molar-refractivity contribution in [1.29, 1.82) is 0 Å². The van der Waals surface area contributed by atoms with Crippen LogP contribution in [0.1, 0.15) is 10.4 Å². The maximum absolute atomic E-state index is 13.8. The molecule has 5 aromatic rings. The van der Waals surface area contributed by atoms with E-state index in [4.69, 9.17) is 4.98 Å². The molecule has 2 aromatic carbocycles. The largest absolute Gasteiger partial charge is 0.379 e. The van der Waals surface area contributed by atoms with E-state index in [1.54, 1.807) is 35.7 Å². The van der Waals surface area contributed by atoms with E-state index in [-0.39, 0.29) is 5.82 Å². The topological polar surface area (TPSA) is 50.7 Å². The Labute approximate surface area is 181 Å². The Morgan fingerprint density at radius 2 is 1.83 bits per heavy atom. The first-order chi connectivity index (χ1) is 14.7. The second-order valence-corrected chi connectivity index (χ2v) is 8.80. The van der Waals surface area contributed by atoms with E-state index in [0.29, 0.717) is 12.1 Å². The number of nitrogens with zero attached hydrogens (tertiary/aromatic N) is 3. The minimum atomic E-state index is -0.214. The molecule has 148 valence electrons. The standard InChI is InChI=1S/C23H17FN4S2/c1-14-6-16(2-4-20(14)24)23-19(15-3-5-21-22(7-15)30-13-28-21)8-17(9-27-23)26-11-18-10-25-12-29-18/h2-10,12-13,26H,11H2,1H3. The molecule has 0 fully saturated rings. The highest BCUT2D eigenvalue weighted by atomic mass is 32.1. The first-order valence-electron chi connectivity index (χ1n) is 9.39. The van der Waals surface area contributed by atoms with Gasteiger partial charge in [0.25, 0.3) is 0 Å². The van der Waals surface area contributed by atoms with Gasteiger partial charge in [0.15, 0.2) is 0 Å². The number of aromatic nitrogens is 3. The number of pyridine rings is 1. The third-order valence-electron chi connectivity index (χ3n) is 4.91. The Kier molecular flexibility index (Phi) is 4.98. The number of anilines is 1. The Morgan fingerprint density at radius 1 is 0.933 bits per heavy atom. The number of benzene rings is 2. The number of aryl methyl sites for hydroxylation is 1. The average molecular weight is 433 g/mol. The van der Waals surface area contributed by atoms with Gasteiger partial charge in [0.1, 0.15) is 5.82 Å². The molecule has 5 rings (SSSR count). The van der Waals surface area contributed by atoms with E-state index in [2.05, 4.69) is 33.5 Å². The molecule has 4 nitrogen and oxygen atoms in total. The average Bonchev–Trinajstić information content (AvgIpc) is 3.45. The zero-order chi connectivity index (χ0) is 20.5. The Bertz CT molecular complexity index is 1330. The fourth-order valence-corrected chi connectivity index (χ4v) is 4.60. The summed E-state index contributed by atoms with van der Waals surface area (Å²) >= 11 is 3.23. The molecule has 0 saturated carbocycles. The molecule has 0 atom stereocenters. The van der Waals surface area contributed by atoms with Crippen LogP contribution in [0.2, 0.25) is 0 Å². The van der Waals surface area contributed by atoms with Crippen LogP contribution in [-0.4, -0.2) is 15.0 Å². The fraction of sp³-hybridized carbons (Fsp3) is 0.0870. The lowest BCUT2D eigenvalue weighted by molar-refractivity contribution is 0.619. The molecule has 30 heavy (non-hydrogen) atoms. The SMILES string of the molecule is Cc1cc(-c2ncc(NCc3cncs3)cc2-c2ccc3ncsc3c2)ccc1F. The summed E-state index contributed by atoms with van der Waals surface area (Å²) in [5.41, 5.74) is 9.94. The maximum Gasteiger partial charge on any atom is 0.126 e. The van der Waals surface area contributed by atoms with Gasteiger partial charge in [-0.3, -0.25) is 9.97 Å². The summed E-state index contributed by atoms with van der Waals surface area (Å²) in [6.07, 6.45) is 3.68. The summed E-state index contributed by atoms with van der Waals surface area (Å²) in [6, 6.07) is 13.4. The Hall–Kier alpha value is -3.16. The van der Waals surface area contributed by atoms with Gasteiger partial charge in [-0.05, 0) is 54.4 Å². The summed E-state index contributed by atoms with van der Waals surface area (Å²) < 4.78 is 15.0. The summed E-state index contributed by atoms with van der Waals surface area (Å²) in [4.78, 5) is 14.4. The van der Waals surface area contributed by atoms with Crippen LogP contribution in [0.25, 0.3) is 32.6 Å².